The van der Waals surface area contributed by atoms with Gasteiger partial charge in [-0.25, -0.2) is 5.43 Å². The molecule has 1 heterocycles. The molecule has 4 aliphatic carbocycles. The van der Waals surface area contributed by atoms with E-state index in [0.29, 0.717) is 17.3 Å². The molecule has 8 atom stereocenters. The number of aliphatic imine (C=N–C) groups is 1. The molecule has 1 amide bonds. The minimum absolute atomic E-state index is 0.0250. The highest BCUT2D eigenvalue weighted by Gasteiger charge is 2.59. The van der Waals surface area contributed by atoms with Crippen LogP contribution < -0.4 is 10.9 Å². The Kier molecular flexibility index (Phi) is 5.43. The fourth-order valence-electron chi connectivity index (χ4n) is 8.45. The number of ether oxygens (including phenoxy) is 1. The van der Waals surface area contributed by atoms with Crippen LogP contribution in [0.3, 0.4) is 0 Å². The fraction of sp³-hybridized carbons (Fsp3) is 0.880. The topological polar surface area (TPSA) is 79.8 Å². The van der Waals surface area contributed by atoms with Gasteiger partial charge in [0.2, 0.25) is 0 Å². The van der Waals surface area contributed by atoms with Crippen molar-refractivity contribution in [3.05, 3.63) is 0 Å². The molecule has 31 heavy (non-hydrogen) atoms. The van der Waals surface area contributed by atoms with Crippen LogP contribution in [0.5, 0.6) is 0 Å². The Hall–Kier alpha value is -1.43. The lowest BCUT2D eigenvalue weighted by molar-refractivity contribution is -0.158. The lowest BCUT2D eigenvalue weighted by Gasteiger charge is -2.60. The predicted octanol–water partition coefficient (Wildman–Crippen LogP) is 3.79. The van der Waals surface area contributed by atoms with E-state index >= 15 is 0 Å². The van der Waals surface area contributed by atoms with Gasteiger partial charge >= 0.3 is 5.97 Å². The molecular weight excluding hydrogens is 390 g/mol. The molecule has 2 N–H and O–H groups in total. The van der Waals surface area contributed by atoms with Crippen LogP contribution in [-0.2, 0) is 14.3 Å². The average molecular weight is 430 g/mol. The molecule has 0 aromatic carbocycles. The molecule has 5 fully saturated rings. The van der Waals surface area contributed by atoms with E-state index < -0.39 is 0 Å². The number of esters is 1. The number of carbonyl (C=O) groups is 2. The Morgan fingerprint density at radius 2 is 1.90 bits per heavy atom. The van der Waals surface area contributed by atoms with Crippen LogP contribution >= 0.6 is 0 Å². The van der Waals surface area contributed by atoms with Gasteiger partial charge in [-0.2, -0.15) is 0 Å². The zero-order chi connectivity index (χ0) is 21.8. The van der Waals surface area contributed by atoms with Crippen molar-refractivity contribution < 1.29 is 14.3 Å². The molecule has 0 aromatic rings. The zero-order valence-corrected chi connectivity index (χ0v) is 19.4. The Morgan fingerprint density at radius 3 is 2.68 bits per heavy atom. The van der Waals surface area contributed by atoms with E-state index in [-0.39, 0.29) is 29.4 Å². The Morgan fingerprint density at radius 1 is 1.06 bits per heavy atom. The van der Waals surface area contributed by atoms with Gasteiger partial charge in [0, 0.05) is 24.6 Å². The minimum atomic E-state index is -0.214. The van der Waals surface area contributed by atoms with Crippen LogP contribution in [0.2, 0.25) is 0 Å². The molecular formula is C25H39N3O3. The van der Waals surface area contributed by atoms with Crippen molar-refractivity contribution in [3.63, 3.8) is 0 Å². The summed E-state index contributed by atoms with van der Waals surface area (Å²) >= 11 is 0. The van der Waals surface area contributed by atoms with Gasteiger partial charge in [-0.15, -0.1) is 0 Å². The summed E-state index contributed by atoms with van der Waals surface area (Å²) in [7, 11) is 0. The lowest BCUT2D eigenvalue weighted by Crippen LogP contribution is -2.54. The molecule has 5 aliphatic rings. The molecule has 1 aliphatic heterocycles. The first-order valence-electron chi connectivity index (χ1n) is 12.6. The Bertz CT molecular complexity index is 782. The number of carbonyl (C=O) groups excluding carboxylic acids is 2. The summed E-state index contributed by atoms with van der Waals surface area (Å²) in [5.41, 5.74) is 7.58. The number of rotatable bonds is 2. The number of amides is 1. The van der Waals surface area contributed by atoms with Gasteiger partial charge in [-0.3, -0.25) is 20.0 Å². The van der Waals surface area contributed by atoms with E-state index in [4.69, 9.17) is 9.73 Å². The first kappa shape index (κ1) is 21.4. The van der Waals surface area contributed by atoms with E-state index in [0.717, 1.165) is 44.1 Å². The molecule has 1 unspecified atom stereocenters. The van der Waals surface area contributed by atoms with Crippen molar-refractivity contribution in [1.29, 1.82) is 0 Å². The van der Waals surface area contributed by atoms with E-state index in [9.17, 15) is 9.59 Å². The molecule has 1 saturated heterocycles. The van der Waals surface area contributed by atoms with E-state index in [1.54, 1.807) is 6.92 Å². The second-order valence-electron chi connectivity index (χ2n) is 11.5. The van der Waals surface area contributed by atoms with E-state index in [1.165, 1.54) is 44.2 Å². The SMILES string of the molecule is CC(=O)O[C@H]1CC[C@@]2(C)[C@@H](CC[C@@H]3[C@@H]2CC[C@]2(C)C(=NC4CCNNC4=O)CC[C@@H]32)C1. The van der Waals surface area contributed by atoms with Gasteiger partial charge in [0.25, 0.3) is 5.91 Å². The number of hydrogen-bond acceptors (Lipinski definition) is 5. The first-order valence-corrected chi connectivity index (χ1v) is 12.6. The van der Waals surface area contributed by atoms with Crippen LogP contribution in [0.4, 0.5) is 0 Å². The summed E-state index contributed by atoms with van der Waals surface area (Å²) in [5, 5.41) is 0. The molecule has 6 nitrogen and oxygen atoms in total. The fourth-order valence-corrected chi connectivity index (χ4v) is 8.45. The monoisotopic (exact) mass is 429 g/mol. The van der Waals surface area contributed by atoms with Crippen molar-refractivity contribution in [1.82, 2.24) is 10.9 Å². The highest BCUT2D eigenvalue weighted by molar-refractivity contribution is 5.95. The van der Waals surface area contributed by atoms with E-state index in [1.807, 2.05) is 0 Å². The number of hydrogen-bond donors (Lipinski definition) is 2. The maximum atomic E-state index is 12.3. The van der Waals surface area contributed by atoms with Crippen molar-refractivity contribution >= 4 is 17.6 Å². The molecule has 0 spiro atoms. The smallest absolute Gasteiger partial charge is 0.302 e. The summed E-state index contributed by atoms with van der Waals surface area (Å²) in [4.78, 5) is 28.8. The van der Waals surface area contributed by atoms with Crippen molar-refractivity contribution in [2.75, 3.05) is 6.54 Å². The summed E-state index contributed by atoms with van der Waals surface area (Å²) in [6.45, 7) is 7.33. The summed E-state index contributed by atoms with van der Waals surface area (Å²) in [6.07, 6.45) is 11.6. The average Bonchev–Trinajstić information content (AvgIpc) is 3.06. The van der Waals surface area contributed by atoms with Crippen LogP contribution in [0, 0.1) is 34.5 Å². The molecule has 6 heteroatoms. The molecule has 172 valence electrons. The molecule has 0 aromatic heterocycles. The maximum absolute atomic E-state index is 12.3. The third-order valence-electron chi connectivity index (χ3n) is 10.1. The third-order valence-corrected chi connectivity index (χ3v) is 10.1. The maximum Gasteiger partial charge on any atom is 0.302 e. The molecule has 5 rings (SSSR count). The Balaban J connectivity index is 1.33. The molecule has 0 bridgehead atoms. The van der Waals surface area contributed by atoms with Crippen LogP contribution in [-0.4, -0.2) is 36.3 Å². The second-order valence-corrected chi connectivity index (χ2v) is 11.5. The summed E-state index contributed by atoms with van der Waals surface area (Å²) in [5.74, 6) is 2.85. The standard InChI is InChI=1S/C25H39N3O3/c1-15(29)31-17-8-11-24(2)16(14-17)4-5-18-19-6-7-22(25(19,3)12-9-20(18)24)27-21-10-13-26-28-23(21)30/h16-21,26H,4-14H2,1-3H3,(H,28,30)/t16-,17-,18-,19-,20-,21?,24-,25-/m0/s1. The van der Waals surface area contributed by atoms with Gasteiger partial charge in [0.1, 0.15) is 12.1 Å². The van der Waals surface area contributed by atoms with Gasteiger partial charge < -0.3 is 4.74 Å². The molecule has 4 saturated carbocycles. The number of nitrogens with one attached hydrogen (secondary N) is 2. The highest BCUT2D eigenvalue weighted by atomic mass is 16.5. The lowest BCUT2D eigenvalue weighted by atomic mass is 9.45. The largest absolute Gasteiger partial charge is 0.463 e. The van der Waals surface area contributed by atoms with E-state index in [2.05, 4.69) is 24.7 Å². The van der Waals surface area contributed by atoms with Crippen LogP contribution in [0.25, 0.3) is 0 Å². The first-order chi connectivity index (χ1) is 14.8. The van der Waals surface area contributed by atoms with Crippen molar-refractivity contribution in [2.24, 2.45) is 39.5 Å². The zero-order valence-electron chi connectivity index (χ0n) is 19.4. The summed E-state index contributed by atoms with van der Waals surface area (Å²) in [6, 6.07) is -0.214. The normalized spacial score (nSPS) is 48.4. The van der Waals surface area contributed by atoms with Crippen molar-refractivity contribution in [3.8, 4) is 0 Å². The van der Waals surface area contributed by atoms with Crippen LogP contribution in [0.15, 0.2) is 4.99 Å². The number of fused-ring (bicyclic) bond motifs is 5. The highest BCUT2D eigenvalue weighted by Crippen LogP contribution is 2.65. The van der Waals surface area contributed by atoms with Gasteiger partial charge in [0.15, 0.2) is 0 Å². The predicted molar refractivity (Wildman–Crippen MR) is 119 cm³/mol. The summed E-state index contributed by atoms with van der Waals surface area (Å²) < 4.78 is 5.61. The van der Waals surface area contributed by atoms with Crippen LogP contribution in [0.1, 0.15) is 85.0 Å². The van der Waals surface area contributed by atoms with Crippen molar-refractivity contribution in [2.45, 2.75) is 97.1 Å². The number of nitrogens with zero attached hydrogens (tertiary/aromatic N) is 1. The second kappa shape index (κ2) is 7.86. The number of hydrazine groups is 1. The third kappa shape index (κ3) is 3.53. The molecule has 0 radical (unpaired) electrons. The minimum Gasteiger partial charge on any atom is -0.463 e. The van der Waals surface area contributed by atoms with Gasteiger partial charge in [-0.05, 0) is 93.3 Å². The van der Waals surface area contributed by atoms with Gasteiger partial charge in [0.05, 0.1) is 0 Å². The Labute approximate surface area is 186 Å². The quantitative estimate of drug-likeness (QED) is 0.655. The van der Waals surface area contributed by atoms with Gasteiger partial charge in [-0.1, -0.05) is 13.8 Å².